The van der Waals surface area contributed by atoms with E-state index in [0.717, 1.165) is 42.9 Å². The number of nitriles is 1. The predicted molar refractivity (Wildman–Crippen MR) is 81.8 cm³/mol. The van der Waals surface area contributed by atoms with Gasteiger partial charge in [-0.05, 0) is 24.9 Å². The van der Waals surface area contributed by atoms with Gasteiger partial charge in [0.25, 0.3) is 0 Å². The minimum atomic E-state index is 0.0316. The lowest BCUT2D eigenvalue weighted by molar-refractivity contribution is -0.116. The number of nitrogens with zero attached hydrogens (tertiary/aromatic N) is 1. The molecule has 1 amide bonds. The standard InChI is InChI=1S/C15H21N3OS/c1-2-3-4-5-6-14(19)18-15-12(9-16)11-7-8-17-10-13(11)20-15/h17H,2-8,10H2,1H3,(H,18,19). The van der Waals surface area contributed by atoms with Gasteiger partial charge in [-0.15, -0.1) is 11.3 Å². The Labute approximate surface area is 124 Å². The highest BCUT2D eigenvalue weighted by Crippen LogP contribution is 2.34. The van der Waals surface area contributed by atoms with Gasteiger partial charge in [0.05, 0.1) is 5.56 Å². The Morgan fingerprint density at radius 1 is 1.45 bits per heavy atom. The molecule has 2 N–H and O–H groups in total. The Balaban J connectivity index is 1.97. The zero-order valence-corrected chi connectivity index (χ0v) is 12.7. The molecule has 20 heavy (non-hydrogen) atoms. The van der Waals surface area contributed by atoms with Gasteiger partial charge in [-0.2, -0.15) is 5.26 Å². The van der Waals surface area contributed by atoms with Crippen LogP contribution < -0.4 is 10.6 Å². The van der Waals surface area contributed by atoms with Crippen LogP contribution in [-0.2, 0) is 17.8 Å². The van der Waals surface area contributed by atoms with Crippen molar-refractivity contribution in [1.82, 2.24) is 5.32 Å². The fraction of sp³-hybridized carbons (Fsp3) is 0.600. The van der Waals surface area contributed by atoms with Crippen LogP contribution in [0.1, 0.15) is 55.0 Å². The molecule has 4 nitrogen and oxygen atoms in total. The zero-order chi connectivity index (χ0) is 14.4. The number of unbranched alkanes of at least 4 members (excludes halogenated alkanes) is 3. The van der Waals surface area contributed by atoms with Crippen LogP contribution in [0.3, 0.4) is 0 Å². The number of hydrogen-bond acceptors (Lipinski definition) is 4. The van der Waals surface area contributed by atoms with Crippen LogP contribution in [0.2, 0.25) is 0 Å². The van der Waals surface area contributed by atoms with Crippen molar-refractivity contribution in [2.75, 3.05) is 11.9 Å². The van der Waals surface area contributed by atoms with Crippen LogP contribution >= 0.6 is 11.3 Å². The van der Waals surface area contributed by atoms with Crippen LogP contribution in [-0.4, -0.2) is 12.5 Å². The van der Waals surface area contributed by atoms with Gasteiger partial charge < -0.3 is 10.6 Å². The van der Waals surface area contributed by atoms with E-state index in [1.807, 2.05) is 0 Å². The van der Waals surface area contributed by atoms with E-state index in [9.17, 15) is 10.1 Å². The summed E-state index contributed by atoms with van der Waals surface area (Å²) in [6, 6.07) is 2.25. The Kier molecular flexibility index (Phi) is 5.57. The quantitative estimate of drug-likeness (QED) is 0.791. The van der Waals surface area contributed by atoms with Crippen LogP contribution in [0, 0.1) is 11.3 Å². The first kappa shape index (κ1) is 15.0. The molecule has 0 saturated carbocycles. The van der Waals surface area contributed by atoms with E-state index < -0.39 is 0 Å². The van der Waals surface area contributed by atoms with E-state index in [1.54, 1.807) is 11.3 Å². The number of nitrogens with one attached hydrogen (secondary N) is 2. The number of thiophene rings is 1. The summed E-state index contributed by atoms with van der Waals surface area (Å²) < 4.78 is 0. The summed E-state index contributed by atoms with van der Waals surface area (Å²) >= 11 is 1.54. The highest BCUT2D eigenvalue weighted by Gasteiger charge is 2.21. The van der Waals surface area contributed by atoms with Gasteiger partial charge in [-0.1, -0.05) is 26.2 Å². The van der Waals surface area contributed by atoms with Gasteiger partial charge in [0.1, 0.15) is 11.1 Å². The maximum absolute atomic E-state index is 11.9. The number of rotatable bonds is 6. The molecule has 5 heteroatoms. The van der Waals surface area contributed by atoms with Gasteiger partial charge in [0.2, 0.25) is 5.91 Å². The van der Waals surface area contributed by atoms with Crippen molar-refractivity contribution in [2.45, 2.75) is 52.0 Å². The molecular weight excluding hydrogens is 270 g/mol. The number of amides is 1. The third-order valence-corrected chi connectivity index (χ3v) is 4.70. The molecule has 0 fully saturated rings. The largest absolute Gasteiger partial charge is 0.317 e. The molecule has 1 aromatic heterocycles. The van der Waals surface area contributed by atoms with Crippen LogP contribution in [0.25, 0.3) is 0 Å². The first-order valence-corrected chi connectivity index (χ1v) is 8.13. The molecule has 108 valence electrons. The van der Waals surface area contributed by atoms with Crippen molar-refractivity contribution < 1.29 is 4.79 Å². The molecule has 0 aromatic carbocycles. The minimum absolute atomic E-state index is 0.0316. The second-order valence-corrected chi connectivity index (χ2v) is 6.21. The second-order valence-electron chi connectivity index (χ2n) is 5.11. The summed E-state index contributed by atoms with van der Waals surface area (Å²) in [6.07, 6.45) is 5.79. The van der Waals surface area contributed by atoms with E-state index in [-0.39, 0.29) is 5.91 Å². The summed E-state index contributed by atoms with van der Waals surface area (Å²) in [4.78, 5) is 13.1. The number of carbonyl (C=O) groups excluding carboxylic acids is 1. The van der Waals surface area contributed by atoms with Gasteiger partial charge >= 0.3 is 0 Å². The van der Waals surface area contributed by atoms with E-state index >= 15 is 0 Å². The third-order valence-electron chi connectivity index (χ3n) is 3.55. The Morgan fingerprint density at radius 2 is 2.30 bits per heavy atom. The maximum atomic E-state index is 11.9. The molecule has 0 unspecified atom stereocenters. The normalized spacial score (nSPS) is 13.6. The summed E-state index contributed by atoms with van der Waals surface area (Å²) in [5, 5.41) is 16.3. The topological polar surface area (TPSA) is 64.9 Å². The monoisotopic (exact) mass is 291 g/mol. The molecule has 1 aliphatic rings. The molecule has 0 spiro atoms. The highest BCUT2D eigenvalue weighted by atomic mass is 32.1. The average Bonchev–Trinajstić information content (AvgIpc) is 2.80. The number of carbonyl (C=O) groups is 1. The molecule has 1 aliphatic heterocycles. The van der Waals surface area contributed by atoms with Crippen LogP contribution in [0.4, 0.5) is 5.00 Å². The SMILES string of the molecule is CCCCCCC(=O)Nc1sc2c(c1C#N)CCNC2. The fourth-order valence-corrected chi connectivity index (χ4v) is 3.63. The molecule has 2 heterocycles. The molecule has 0 radical (unpaired) electrons. The second kappa shape index (κ2) is 7.41. The number of anilines is 1. The smallest absolute Gasteiger partial charge is 0.225 e. The maximum Gasteiger partial charge on any atom is 0.225 e. The van der Waals surface area contributed by atoms with Crippen LogP contribution in [0.15, 0.2) is 0 Å². The first-order chi connectivity index (χ1) is 9.76. The lowest BCUT2D eigenvalue weighted by atomic mass is 10.1. The Hall–Kier alpha value is -1.38. The van der Waals surface area contributed by atoms with E-state index in [4.69, 9.17) is 0 Å². The third kappa shape index (κ3) is 3.59. The molecule has 0 atom stereocenters. The van der Waals surface area contributed by atoms with Gasteiger partial charge in [-0.25, -0.2) is 0 Å². The number of fused-ring (bicyclic) bond motifs is 1. The molecular formula is C15H21N3OS. The molecule has 2 rings (SSSR count). The van der Waals surface area contributed by atoms with Crippen LogP contribution in [0.5, 0.6) is 0 Å². The lowest BCUT2D eigenvalue weighted by Crippen LogP contribution is -2.22. The van der Waals surface area contributed by atoms with Crippen molar-refractivity contribution >= 4 is 22.2 Å². The summed E-state index contributed by atoms with van der Waals surface area (Å²) in [5.74, 6) is 0.0316. The van der Waals surface area contributed by atoms with Gasteiger partial charge in [0, 0.05) is 17.8 Å². The minimum Gasteiger partial charge on any atom is -0.317 e. The number of hydrogen-bond donors (Lipinski definition) is 2. The van der Waals surface area contributed by atoms with Crippen molar-refractivity contribution in [3.8, 4) is 6.07 Å². The first-order valence-electron chi connectivity index (χ1n) is 7.31. The molecule has 1 aromatic rings. The van der Waals surface area contributed by atoms with Gasteiger partial charge in [0.15, 0.2) is 0 Å². The van der Waals surface area contributed by atoms with Gasteiger partial charge in [-0.3, -0.25) is 4.79 Å². The molecule has 0 bridgehead atoms. The summed E-state index contributed by atoms with van der Waals surface area (Å²) in [7, 11) is 0. The summed E-state index contributed by atoms with van der Waals surface area (Å²) in [6.45, 7) is 3.87. The van der Waals surface area contributed by atoms with E-state index in [2.05, 4.69) is 23.6 Å². The van der Waals surface area contributed by atoms with Crippen molar-refractivity contribution in [2.24, 2.45) is 0 Å². The molecule has 0 saturated heterocycles. The fourth-order valence-electron chi connectivity index (χ4n) is 2.44. The zero-order valence-electron chi connectivity index (χ0n) is 11.9. The Morgan fingerprint density at radius 3 is 3.05 bits per heavy atom. The van der Waals surface area contributed by atoms with E-state index in [1.165, 1.54) is 17.7 Å². The molecule has 0 aliphatic carbocycles. The van der Waals surface area contributed by atoms with Crippen molar-refractivity contribution in [3.63, 3.8) is 0 Å². The average molecular weight is 291 g/mol. The van der Waals surface area contributed by atoms with E-state index in [0.29, 0.717) is 12.0 Å². The Bertz CT molecular complexity index is 516. The van der Waals surface area contributed by atoms with Crippen molar-refractivity contribution in [1.29, 1.82) is 5.26 Å². The van der Waals surface area contributed by atoms with Crippen molar-refractivity contribution in [3.05, 3.63) is 16.0 Å². The lowest BCUT2D eigenvalue weighted by Gasteiger charge is -2.11. The predicted octanol–water partition coefficient (Wildman–Crippen LogP) is 3.17. The summed E-state index contributed by atoms with van der Waals surface area (Å²) in [5.41, 5.74) is 1.80. The highest BCUT2D eigenvalue weighted by molar-refractivity contribution is 7.16.